The fourth-order valence-electron chi connectivity index (χ4n) is 1.94. The molecule has 6 heteroatoms. The maximum absolute atomic E-state index is 13.6. The molecule has 1 amide bonds. The molecule has 1 saturated heterocycles. The van der Waals surface area contributed by atoms with Gasteiger partial charge in [0.05, 0.1) is 7.11 Å². The second-order valence-electron chi connectivity index (χ2n) is 4.34. The first-order valence-corrected chi connectivity index (χ1v) is 6.65. The maximum atomic E-state index is 13.6. The molecule has 0 radical (unpaired) electrons. The van der Waals surface area contributed by atoms with E-state index < -0.39 is 5.82 Å². The van der Waals surface area contributed by atoms with Crippen molar-refractivity contribution in [1.29, 1.82) is 0 Å². The van der Waals surface area contributed by atoms with E-state index >= 15 is 0 Å². The Morgan fingerprint density at radius 2 is 2.25 bits per heavy atom. The number of benzene rings is 1. The summed E-state index contributed by atoms with van der Waals surface area (Å²) in [5.41, 5.74) is 0.924. The smallest absolute Gasteiger partial charge is 0.276 e. The first-order chi connectivity index (χ1) is 9.56. The molecule has 1 aliphatic rings. The minimum Gasteiger partial charge on any atom is -0.494 e. The largest absolute Gasteiger partial charge is 0.494 e. The fourth-order valence-corrected chi connectivity index (χ4v) is 2.22. The van der Waals surface area contributed by atoms with Gasteiger partial charge in [-0.2, -0.15) is 0 Å². The van der Waals surface area contributed by atoms with E-state index in [2.05, 4.69) is 5.32 Å². The quantitative estimate of drug-likeness (QED) is 0.683. The lowest BCUT2D eigenvalue weighted by molar-refractivity contribution is -0.122. The highest BCUT2D eigenvalue weighted by Gasteiger charge is 2.29. The molecule has 106 valence electrons. The van der Waals surface area contributed by atoms with Gasteiger partial charge in [0.2, 0.25) is 0 Å². The molecule has 0 bridgehead atoms. The van der Waals surface area contributed by atoms with Gasteiger partial charge in [-0.15, -0.1) is 0 Å². The van der Waals surface area contributed by atoms with Crippen molar-refractivity contribution >= 4 is 29.3 Å². The van der Waals surface area contributed by atoms with Crippen molar-refractivity contribution in [3.05, 3.63) is 35.3 Å². The number of hydrogen-bond donors (Lipinski definition) is 1. The van der Waals surface area contributed by atoms with Crippen molar-refractivity contribution in [1.82, 2.24) is 10.2 Å². The number of thiocarbonyl (C=S) groups is 1. The first kappa shape index (κ1) is 14.5. The van der Waals surface area contributed by atoms with Crippen molar-refractivity contribution in [2.45, 2.75) is 13.3 Å². The van der Waals surface area contributed by atoms with Crippen molar-refractivity contribution in [3.63, 3.8) is 0 Å². The number of halogens is 1. The molecule has 0 spiro atoms. The van der Waals surface area contributed by atoms with Crippen LogP contribution in [-0.2, 0) is 4.79 Å². The number of nitrogens with one attached hydrogen (secondary N) is 1. The van der Waals surface area contributed by atoms with Gasteiger partial charge in [-0.25, -0.2) is 4.39 Å². The predicted octanol–water partition coefficient (Wildman–Crippen LogP) is 2.30. The van der Waals surface area contributed by atoms with Crippen LogP contribution in [0.4, 0.5) is 4.39 Å². The van der Waals surface area contributed by atoms with Gasteiger partial charge >= 0.3 is 0 Å². The minimum absolute atomic E-state index is 0.168. The maximum Gasteiger partial charge on any atom is 0.276 e. The molecular formula is C14H15FN2O2S. The van der Waals surface area contributed by atoms with Crippen LogP contribution in [0.3, 0.4) is 0 Å². The standard InChI is InChI=1S/C14H15FN2O2S/c1-3-6-17-13(18)11(16-14(17)20)8-9-4-5-12(19-2)10(15)7-9/h4-5,7-8H,3,6H2,1-2H3,(H,16,20). The summed E-state index contributed by atoms with van der Waals surface area (Å²) in [5, 5.41) is 3.24. The van der Waals surface area contributed by atoms with Crippen LogP contribution < -0.4 is 10.1 Å². The van der Waals surface area contributed by atoms with Gasteiger partial charge in [-0.3, -0.25) is 9.69 Å². The van der Waals surface area contributed by atoms with E-state index in [1.54, 1.807) is 12.1 Å². The van der Waals surface area contributed by atoms with Crippen molar-refractivity contribution in [2.75, 3.05) is 13.7 Å². The molecule has 0 aromatic heterocycles. The highest BCUT2D eigenvalue weighted by molar-refractivity contribution is 7.80. The van der Waals surface area contributed by atoms with Gasteiger partial charge in [0.1, 0.15) is 5.70 Å². The molecule has 20 heavy (non-hydrogen) atoms. The molecular weight excluding hydrogens is 279 g/mol. The lowest BCUT2D eigenvalue weighted by atomic mass is 10.1. The summed E-state index contributed by atoms with van der Waals surface area (Å²) in [6, 6.07) is 4.50. The molecule has 0 aliphatic carbocycles. The van der Waals surface area contributed by atoms with Crippen LogP contribution in [0.25, 0.3) is 6.08 Å². The van der Waals surface area contributed by atoms with Gasteiger partial charge in [0, 0.05) is 6.54 Å². The third-order valence-electron chi connectivity index (χ3n) is 2.90. The van der Waals surface area contributed by atoms with Gasteiger partial charge in [-0.1, -0.05) is 13.0 Å². The van der Waals surface area contributed by atoms with Gasteiger partial charge in [0.15, 0.2) is 16.7 Å². The van der Waals surface area contributed by atoms with E-state index in [-0.39, 0.29) is 11.7 Å². The number of ether oxygens (including phenoxy) is 1. The lowest BCUT2D eigenvalue weighted by Gasteiger charge is -2.11. The van der Waals surface area contributed by atoms with Crippen LogP contribution >= 0.6 is 12.2 Å². The molecule has 0 atom stereocenters. The normalized spacial score (nSPS) is 16.8. The first-order valence-electron chi connectivity index (χ1n) is 6.25. The number of carbonyl (C=O) groups excluding carboxylic acids is 1. The fraction of sp³-hybridized carbons (Fsp3) is 0.286. The van der Waals surface area contributed by atoms with Gasteiger partial charge in [0.25, 0.3) is 5.91 Å². The van der Waals surface area contributed by atoms with Crippen LogP contribution in [0.5, 0.6) is 5.75 Å². The highest BCUT2D eigenvalue weighted by Crippen LogP contribution is 2.20. The summed E-state index contributed by atoms with van der Waals surface area (Å²) in [6.45, 7) is 2.54. The van der Waals surface area contributed by atoms with Crippen molar-refractivity contribution in [2.24, 2.45) is 0 Å². The number of carbonyl (C=O) groups is 1. The molecule has 1 heterocycles. The van der Waals surface area contributed by atoms with Crippen LogP contribution in [0.1, 0.15) is 18.9 Å². The van der Waals surface area contributed by atoms with Crippen LogP contribution in [-0.4, -0.2) is 29.6 Å². The Bertz CT molecular complexity index is 587. The van der Waals surface area contributed by atoms with E-state index in [4.69, 9.17) is 17.0 Å². The average molecular weight is 294 g/mol. The molecule has 1 fully saturated rings. The third-order valence-corrected chi connectivity index (χ3v) is 3.22. The zero-order valence-electron chi connectivity index (χ0n) is 11.3. The zero-order chi connectivity index (χ0) is 14.7. The Morgan fingerprint density at radius 1 is 1.50 bits per heavy atom. The number of hydrogen-bond acceptors (Lipinski definition) is 3. The minimum atomic E-state index is -0.472. The number of nitrogens with zero attached hydrogens (tertiary/aromatic N) is 1. The molecule has 1 aromatic rings. The molecule has 1 aromatic carbocycles. The van der Waals surface area contributed by atoms with E-state index in [0.29, 0.717) is 22.9 Å². The van der Waals surface area contributed by atoms with Crippen LogP contribution in [0.15, 0.2) is 23.9 Å². The summed E-state index contributed by atoms with van der Waals surface area (Å²) < 4.78 is 18.4. The summed E-state index contributed by atoms with van der Waals surface area (Å²) in [7, 11) is 1.40. The van der Waals surface area contributed by atoms with Gasteiger partial charge in [-0.05, 0) is 42.4 Å². The molecule has 0 unspecified atom stereocenters. The number of rotatable bonds is 4. The van der Waals surface area contributed by atoms with Crippen LogP contribution in [0.2, 0.25) is 0 Å². The van der Waals surface area contributed by atoms with E-state index in [1.807, 2.05) is 6.92 Å². The third kappa shape index (κ3) is 2.80. The number of methoxy groups -OCH3 is 1. The Hall–Kier alpha value is -1.95. The SMILES string of the molecule is CCCN1C(=O)C(=Cc2ccc(OC)c(F)c2)NC1=S. The summed E-state index contributed by atoms with van der Waals surface area (Å²) >= 11 is 5.10. The summed E-state index contributed by atoms with van der Waals surface area (Å²) in [5.74, 6) is -0.491. The highest BCUT2D eigenvalue weighted by atomic mass is 32.1. The van der Waals surface area contributed by atoms with Crippen molar-refractivity contribution < 1.29 is 13.9 Å². The monoisotopic (exact) mass is 294 g/mol. The average Bonchev–Trinajstić information content (AvgIpc) is 2.67. The Balaban J connectivity index is 2.26. The molecule has 2 rings (SSSR count). The van der Waals surface area contributed by atoms with Crippen LogP contribution in [0, 0.1) is 5.82 Å². The summed E-state index contributed by atoms with van der Waals surface area (Å²) in [4.78, 5) is 13.6. The Morgan fingerprint density at radius 3 is 2.85 bits per heavy atom. The summed E-state index contributed by atoms with van der Waals surface area (Å²) in [6.07, 6.45) is 2.39. The second-order valence-corrected chi connectivity index (χ2v) is 4.73. The molecule has 4 nitrogen and oxygen atoms in total. The number of amides is 1. The van der Waals surface area contributed by atoms with E-state index in [9.17, 15) is 9.18 Å². The lowest BCUT2D eigenvalue weighted by Crippen LogP contribution is -2.31. The van der Waals surface area contributed by atoms with Crippen molar-refractivity contribution in [3.8, 4) is 5.75 Å². The Labute approximate surface area is 122 Å². The zero-order valence-corrected chi connectivity index (χ0v) is 12.1. The van der Waals surface area contributed by atoms with E-state index in [0.717, 1.165) is 6.42 Å². The molecule has 1 aliphatic heterocycles. The molecule has 1 N–H and O–H groups in total. The second kappa shape index (κ2) is 6.00. The predicted molar refractivity (Wildman–Crippen MR) is 78.7 cm³/mol. The van der Waals surface area contributed by atoms with E-state index in [1.165, 1.54) is 24.1 Å². The topological polar surface area (TPSA) is 41.6 Å². The molecule has 0 saturated carbocycles. The Kier molecular flexibility index (Phi) is 4.34. The van der Waals surface area contributed by atoms with Gasteiger partial charge < -0.3 is 10.1 Å².